The summed E-state index contributed by atoms with van der Waals surface area (Å²) in [6.45, 7) is 0. The van der Waals surface area contributed by atoms with Crippen LogP contribution in [0.4, 0.5) is 4.39 Å². The summed E-state index contributed by atoms with van der Waals surface area (Å²) in [6.07, 6.45) is 3.25. The molecule has 4 aromatic rings. The van der Waals surface area contributed by atoms with E-state index in [4.69, 9.17) is 5.73 Å². The van der Waals surface area contributed by atoms with Crippen molar-refractivity contribution in [1.82, 2.24) is 9.97 Å². The highest BCUT2D eigenvalue weighted by molar-refractivity contribution is 6.16. The first kappa shape index (κ1) is 16.7. The van der Waals surface area contributed by atoms with Crippen molar-refractivity contribution in [2.24, 2.45) is 5.73 Å². The molecule has 0 aliphatic heterocycles. The van der Waals surface area contributed by atoms with E-state index < -0.39 is 5.91 Å². The Balaban J connectivity index is 1.79. The second-order valence-electron chi connectivity index (χ2n) is 6.10. The Morgan fingerprint density at radius 2 is 1.70 bits per heavy atom. The summed E-state index contributed by atoms with van der Waals surface area (Å²) in [5.74, 6) is -1.16. The van der Waals surface area contributed by atoms with Crippen LogP contribution in [0.15, 0.2) is 67.0 Å². The van der Waals surface area contributed by atoms with Gasteiger partial charge in [-0.25, -0.2) is 9.37 Å². The Morgan fingerprint density at radius 3 is 2.44 bits per heavy atom. The van der Waals surface area contributed by atoms with Crippen LogP contribution in [0.5, 0.6) is 0 Å². The van der Waals surface area contributed by atoms with Gasteiger partial charge in [0.2, 0.25) is 5.91 Å². The lowest BCUT2D eigenvalue weighted by Gasteiger charge is -2.04. The van der Waals surface area contributed by atoms with Crippen LogP contribution in [0.1, 0.15) is 26.3 Å². The molecule has 0 fully saturated rings. The first-order chi connectivity index (χ1) is 13.0. The summed E-state index contributed by atoms with van der Waals surface area (Å²) in [5.41, 5.74) is 8.48. The van der Waals surface area contributed by atoms with Gasteiger partial charge in [-0.1, -0.05) is 24.3 Å². The highest BCUT2D eigenvalue weighted by atomic mass is 19.1. The maximum atomic E-state index is 13.2. The molecule has 0 saturated heterocycles. The van der Waals surface area contributed by atoms with E-state index in [1.54, 1.807) is 42.7 Å². The molecule has 27 heavy (non-hydrogen) atoms. The number of benzene rings is 2. The van der Waals surface area contributed by atoms with Gasteiger partial charge in [-0.05, 0) is 35.9 Å². The molecule has 2 heterocycles. The number of aromatic nitrogens is 2. The molecular weight excluding hydrogens is 345 g/mol. The number of nitrogens with two attached hydrogens (primary N) is 1. The topological polar surface area (TPSA) is 88.8 Å². The van der Waals surface area contributed by atoms with E-state index in [0.717, 1.165) is 11.1 Å². The lowest BCUT2D eigenvalue weighted by molar-refractivity contribution is 0.1000. The number of amides is 1. The SMILES string of the molecule is NC(=O)c1cccc(C(=O)c2c[nH]c3ncc(-c4ccc(F)cc4)cc23)c1. The van der Waals surface area contributed by atoms with Crippen LogP contribution in [-0.4, -0.2) is 21.7 Å². The number of hydrogen-bond acceptors (Lipinski definition) is 3. The Kier molecular flexibility index (Phi) is 4.01. The van der Waals surface area contributed by atoms with Gasteiger partial charge in [-0.15, -0.1) is 0 Å². The molecule has 0 bridgehead atoms. The molecule has 0 saturated carbocycles. The smallest absolute Gasteiger partial charge is 0.248 e. The van der Waals surface area contributed by atoms with Crippen molar-refractivity contribution in [2.75, 3.05) is 0 Å². The summed E-state index contributed by atoms with van der Waals surface area (Å²) in [4.78, 5) is 31.6. The third-order valence-electron chi connectivity index (χ3n) is 4.36. The van der Waals surface area contributed by atoms with Gasteiger partial charge >= 0.3 is 0 Å². The Labute approximate surface area is 153 Å². The standard InChI is InChI=1S/C21H14FN3O2/c22-16-6-4-12(5-7-16)15-9-17-18(11-25-21(17)24-10-15)19(26)13-2-1-3-14(8-13)20(23)27/h1-11H,(H2,23,27)(H,24,25). The van der Waals surface area contributed by atoms with Crippen molar-refractivity contribution in [3.8, 4) is 11.1 Å². The van der Waals surface area contributed by atoms with Crippen LogP contribution < -0.4 is 5.73 Å². The van der Waals surface area contributed by atoms with E-state index in [0.29, 0.717) is 22.2 Å². The Hall–Kier alpha value is -3.80. The number of fused-ring (bicyclic) bond motifs is 1. The molecule has 0 atom stereocenters. The number of H-pyrrole nitrogens is 1. The summed E-state index contributed by atoms with van der Waals surface area (Å²) in [7, 11) is 0. The van der Waals surface area contributed by atoms with Gasteiger partial charge in [0, 0.05) is 40.0 Å². The van der Waals surface area contributed by atoms with Crippen molar-refractivity contribution >= 4 is 22.7 Å². The van der Waals surface area contributed by atoms with Crippen LogP contribution in [0.3, 0.4) is 0 Å². The number of nitrogens with zero attached hydrogens (tertiary/aromatic N) is 1. The number of aromatic amines is 1. The lowest BCUT2D eigenvalue weighted by atomic mass is 9.99. The van der Waals surface area contributed by atoms with Gasteiger partial charge < -0.3 is 10.7 Å². The van der Waals surface area contributed by atoms with E-state index in [9.17, 15) is 14.0 Å². The predicted octanol–water partition coefficient (Wildman–Crippen LogP) is 3.70. The van der Waals surface area contributed by atoms with E-state index in [2.05, 4.69) is 9.97 Å². The number of pyridine rings is 1. The summed E-state index contributed by atoms with van der Waals surface area (Å²) >= 11 is 0. The van der Waals surface area contributed by atoms with Crippen LogP contribution in [0.2, 0.25) is 0 Å². The molecule has 132 valence electrons. The van der Waals surface area contributed by atoms with Crippen molar-refractivity contribution in [2.45, 2.75) is 0 Å². The molecule has 0 unspecified atom stereocenters. The number of carbonyl (C=O) groups excluding carboxylic acids is 2. The average Bonchev–Trinajstić information content (AvgIpc) is 3.11. The number of halogens is 1. The molecule has 2 aromatic heterocycles. The van der Waals surface area contributed by atoms with Crippen molar-refractivity contribution < 1.29 is 14.0 Å². The van der Waals surface area contributed by atoms with E-state index >= 15 is 0 Å². The maximum Gasteiger partial charge on any atom is 0.248 e. The fourth-order valence-corrected chi connectivity index (χ4v) is 2.96. The molecular formula is C21H14FN3O2. The minimum Gasteiger partial charge on any atom is -0.366 e. The monoisotopic (exact) mass is 359 g/mol. The lowest BCUT2D eigenvalue weighted by Crippen LogP contribution is -2.12. The third-order valence-corrected chi connectivity index (χ3v) is 4.36. The molecule has 5 nitrogen and oxygen atoms in total. The third kappa shape index (κ3) is 3.08. The zero-order valence-electron chi connectivity index (χ0n) is 14.1. The van der Waals surface area contributed by atoms with Crippen molar-refractivity contribution in [3.63, 3.8) is 0 Å². The van der Waals surface area contributed by atoms with Gasteiger partial charge in [0.05, 0.1) is 0 Å². The van der Waals surface area contributed by atoms with Gasteiger partial charge in [0.15, 0.2) is 5.78 Å². The van der Waals surface area contributed by atoms with E-state index in [-0.39, 0.29) is 17.2 Å². The van der Waals surface area contributed by atoms with Gasteiger partial charge in [0.1, 0.15) is 11.5 Å². The maximum absolute atomic E-state index is 13.2. The number of nitrogens with one attached hydrogen (secondary N) is 1. The zero-order chi connectivity index (χ0) is 19.0. The van der Waals surface area contributed by atoms with E-state index in [1.807, 2.05) is 6.07 Å². The van der Waals surface area contributed by atoms with E-state index in [1.165, 1.54) is 18.2 Å². The molecule has 0 spiro atoms. The predicted molar refractivity (Wildman–Crippen MR) is 99.9 cm³/mol. The fraction of sp³-hybridized carbons (Fsp3) is 0. The normalized spacial score (nSPS) is 10.9. The fourth-order valence-electron chi connectivity index (χ4n) is 2.96. The van der Waals surface area contributed by atoms with Crippen molar-refractivity contribution in [1.29, 1.82) is 0 Å². The van der Waals surface area contributed by atoms with Gasteiger partial charge in [-0.2, -0.15) is 0 Å². The minimum absolute atomic E-state index is 0.248. The van der Waals surface area contributed by atoms with Crippen LogP contribution in [-0.2, 0) is 0 Å². The number of rotatable bonds is 4. The zero-order valence-corrected chi connectivity index (χ0v) is 14.1. The number of hydrogen-bond donors (Lipinski definition) is 2. The molecule has 4 rings (SSSR count). The molecule has 3 N–H and O–H groups in total. The molecule has 0 radical (unpaired) electrons. The Bertz CT molecular complexity index is 1180. The van der Waals surface area contributed by atoms with Gasteiger partial charge in [-0.3, -0.25) is 9.59 Å². The first-order valence-electron chi connectivity index (χ1n) is 8.20. The van der Waals surface area contributed by atoms with Crippen LogP contribution in [0.25, 0.3) is 22.2 Å². The number of carbonyl (C=O) groups is 2. The molecule has 0 aliphatic carbocycles. The second kappa shape index (κ2) is 6.49. The first-order valence-corrected chi connectivity index (χ1v) is 8.20. The highest BCUT2D eigenvalue weighted by Gasteiger charge is 2.16. The van der Waals surface area contributed by atoms with Crippen LogP contribution >= 0.6 is 0 Å². The van der Waals surface area contributed by atoms with Crippen LogP contribution in [0, 0.1) is 5.82 Å². The molecule has 0 aliphatic rings. The summed E-state index contributed by atoms with van der Waals surface area (Å²) in [6, 6.07) is 14.2. The Morgan fingerprint density at radius 1 is 0.963 bits per heavy atom. The summed E-state index contributed by atoms with van der Waals surface area (Å²) < 4.78 is 13.2. The van der Waals surface area contributed by atoms with Gasteiger partial charge in [0.25, 0.3) is 0 Å². The summed E-state index contributed by atoms with van der Waals surface area (Å²) in [5, 5.41) is 0.645. The second-order valence-corrected chi connectivity index (χ2v) is 6.10. The highest BCUT2D eigenvalue weighted by Crippen LogP contribution is 2.26. The quantitative estimate of drug-likeness (QED) is 0.545. The number of ketones is 1. The largest absolute Gasteiger partial charge is 0.366 e. The number of primary amides is 1. The molecule has 6 heteroatoms. The molecule has 2 aromatic carbocycles. The van der Waals surface area contributed by atoms with Crippen molar-refractivity contribution in [3.05, 3.63) is 89.5 Å². The minimum atomic E-state index is -0.594. The molecule has 1 amide bonds. The average molecular weight is 359 g/mol.